The molecule has 0 atom stereocenters. The lowest BCUT2D eigenvalue weighted by Crippen LogP contribution is -1.81. The number of hydrogen-bond donors (Lipinski definition) is 1. The molecule has 0 aliphatic carbocycles. The number of aryl methyl sites for hydroxylation is 1. The zero-order chi connectivity index (χ0) is 9.97. The first-order chi connectivity index (χ1) is 6.74. The minimum atomic E-state index is 0.514. The molecule has 0 aliphatic heterocycles. The molecule has 0 bridgehead atoms. The summed E-state index contributed by atoms with van der Waals surface area (Å²) < 4.78 is 4.10. The highest BCUT2D eigenvalue weighted by Crippen LogP contribution is 2.26. The van der Waals surface area contributed by atoms with Crippen LogP contribution >= 0.6 is 23.3 Å². The van der Waals surface area contributed by atoms with Gasteiger partial charge in [-0.25, -0.2) is 0 Å². The van der Waals surface area contributed by atoms with Crippen molar-refractivity contribution in [3.63, 3.8) is 0 Å². The Kier molecular flexibility index (Phi) is 2.69. The third-order valence-corrected chi connectivity index (χ3v) is 3.18. The predicted octanol–water partition coefficient (Wildman–Crippen LogP) is 2.58. The first-order valence-corrected chi connectivity index (χ1v) is 5.67. The Hall–Kier alpha value is -1.07. The lowest BCUT2D eigenvalue weighted by atomic mass is 10.2. The Balaban J connectivity index is 2.15. The van der Waals surface area contributed by atoms with Gasteiger partial charge in [-0.2, -0.15) is 9.36 Å². The van der Waals surface area contributed by atoms with Crippen molar-refractivity contribution in [2.45, 2.75) is 17.0 Å². The number of anilines is 1. The van der Waals surface area contributed by atoms with Gasteiger partial charge in [0.05, 0.1) is 0 Å². The summed E-state index contributed by atoms with van der Waals surface area (Å²) in [6, 6.07) is 8.24. The molecule has 2 N–H and O–H groups in total. The summed E-state index contributed by atoms with van der Waals surface area (Å²) in [5.74, 6) is 0. The number of nitrogens with two attached hydrogens (primary N) is 1. The average Bonchev–Trinajstić information content (AvgIpc) is 2.56. The lowest BCUT2D eigenvalue weighted by Gasteiger charge is -1.96. The van der Waals surface area contributed by atoms with E-state index in [1.54, 1.807) is 0 Å². The second-order valence-electron chi connectivity index (χ2n) is 2.83. The van der Waals surface area contributed by atoms with Crippen molar-refractivity contribution < 1.29 is 0 Å². The molecular formula is C9H9N3S2. The standard InChI is InChI=1S/C9H9N3S2/c1-6-2-4-7(5-3-6)13-9-11-8(10)14-12-9/h2-5H,1H3,(H2,10,11,12). The number of nitrogens with zero attached hydrogens (tertiary/aromatic N) is 2. The van der Waals surface area contributed by atoms with E-state index in [-0.39, 0.29) is 0 Å². The molecule has 0 amide bonds. The highest BCUT2D eigenvalue weighted by atomic mass is 32.2. The summed E-state index contributed by atoms with van der Waals surface area (Å²) in [4.78, 5) is 5.21. The minimum Gasteiger partial charge on any atom is -0.374 e. The molecule has 1 aromatic carbocycles. The summed E-state index contributed by atoms with van der Waals surface area (Å²) in [5, 5.41) is 1.23. The fraction of sp³-hybridized carbons (Fsp3) is 0.111. The molecule has 0 radical (unpaired) electrons. The molecule has 2 aromatic rings. The summed E-state index contributed by atoms with van der Waals surface area (Å²) >= 11 is 2.75. The lowest BCUT2D eigenvalue weighted by molar-refractivity contribution is 1.08. The maximum absolute atomic E-state index is 5.49. The fourth-order valence-electron chi connectivity index (χ4n) is 0.974. The Morgan fingerprint density at radius 3 is 2.57 bits per heavy atom. The molecule has 5 heteroatoms. The highest BCUT2D eigenvalue weighted by molar-refractivity contribution is 7.99. The Bertz CT molecular complexity index is 422. The summed E-state index contributed by atoms with van der Waals surface area (Å²) in [5.41, 5.74) is 6.74. The zero-order valence-corrected chi connectivity index (χ0v) is 9.23. The van der Waals surface area contributed by atoms with Gasteiger partial charge in [-0.3, -0.25) is 0 Å². The molecule has 3 nitrogen and oxygen atoms in total. The third kappa shape index (κ3) is 2.24. The van der Waals surface area contributed by atoms with Gasteiger partial charge < -0.3 is 5.73 Å². The summed E-state index contributed by atoms with van der Waals surface area (Å²) in [6.07, 6.45) is 0. The number of benzene rings is 1. The topological polar surface area (TPSA) is 51.8 Å². The van der Waals surface area contributed by atoms with Crippen LogP contribution in [0.5, 0.6) is 0 Å². The molecule has 0 aliphatic rings. The van der Waals surface area contributed by atoms with Gasteiger partial charge >= 0.3 is 0 Å². The van der Waals surface area contributed by atoms with Gasteiger partial charge in [0, 0.05) is 16.4 Å². The van der Waals surface area contributed by atoms with Crippen molar-refractivity contribution in [2.24, 2.45) is 0 Å². The van der Waals surface area contributed by atoms with Crippen LogP contribution in [0.3, 0.4) is 0 Å². The average molecular weight is 223 g/mol. The van der Waals surface area contributed by atoms with Crippen molar-refractivity contribution in [1.29, 1.82) is 0 Å². The van der Waals surface area contributed by atoms with Crippen molar-refractivity contribution in [1.82, 2.24) is 9.36 Å². The normalized spacial score (nSPS) is 10.4. The number of aromatic nitrogens is 2. The first kappa shape index (κ1) is 9.48. The van der Waals surface area contributed by atoms with Gasteiger partial charge in [0.15, 0.2) is 0 Å². The minimum absolute atomic E-state index is 0.514. The van der Waals surface area contributed by atoms with Gasteiger partial charge in [-0.1, -0.05) is 17.7 Å². The van der Waals surface area contributed by atoms with E-state index >= 15 is 0 Å². The van der Waals surface area contributed by atoms with Crippen LogP contribution < -0.4 is 5.73 Å². The van der Waals surface area contributed by atoms with Crippen LogP contribution in [0, 0.1) is 6.92 Å². The third-order valence-electron chi connectivity index (χ3n) is 1.65. The monoisotopic (exact) mass is 223 g/mol. The second-order valence-corrected chi connectivity index (χ2v) is 4.65. The summed E-state index contributed by atoms with van der Waals surface area (Å²) in [6.45, 7) is 2.06. The van der Waals surface area contributed by atoms with E-state index in [2.05, 4.69) is 40.5 Å². The largest absolute Gasteiger partial charge is 0.374 e. The van der Waals surface area contributed by atoms with Crippen molar-refractivity contribution in [3.8, 4) is 0 Å². The molecule has 0 saturated carbocycles. The molecular weight excluding hydrogens is 214 g/mol. The van der Waals surface area contributed by atoms with Crippen molar-refractivity contribution in [3.05, 3.63) is 29.8 Å². The molecule has 2 rings (SSSR count). The first-order valence-electron chi connectivity index (χ1n) is 4.08. The molecule has 0 spiro atoms. The van der Waals surface area contributed by atoms with E-state index < -0.39 is 0 Å². The van der Waals surface area contributed by atoms with Crippen LogP contribution in [-0.4, -0.2) is 9.36 Å². The van der Waals surface area contributed by atoms with Gasteiger partial charge in [-0.05, 0) is 30.8 Å². The molecule has 0 fully saturated rings. The Morgan fingerprint density at radius 2 is 2.00 bits per heavy atom. The maximum Gasteiger partial charge on any atom is 0.206 e. The summed E-state index contributed by atoms with van der Waals surface area (Å²) in [7, 11) is 0. The number of rotatable bonds is 2. The van der Waals surface area contributed by atoms with Gasteiger partial charge in [-0.15, -0.1) is 0 Å². The van der Waals surface area contributed by atoms with Crippen molar-refractivity contribution >= 4 is 28.4 Å². The molecule has 1 aromatic heterocycles. The van der Waals surface area contributed by atoms with Gasteiger partial charge in [0.1, 0.15) is 0 Å². The SMILES string of the molecule is Cc1ccc(Sc2nsc(N)n2)cc1. The van der Waals surface area contributed by atoms with Crippen LogP contribution in [0.15, 0.2) is 34.3 Å². The Labute approximate surface area is 90.5 Å². The maximum atomic E-state index is 5.49. The van der Waals surface area contributed by atoms with E-state index in [0.29, 0.717) is 5.13 Å². The molecule has 14 heavy (non-hydrogen) atoms. The molecule has 0 saturated heterocycles. The van der Waals surface area contributed by atoms with E-state index in [1.165, 1.54) is 28.9 Å². The van der Waals surface area contributed by atoms with Crippen LogP contribution in [0.25, 0.3) is 0 Å². The van der Waals surface area contributed by atoms with E-state index in [9.17, 15) is 0 Å². The second kappa shape index (κ2) is 3.98. The van der Waals surface area contributed by atoms with E-state index in [0.717, 1.165) is 10.1 Å². The highest BCUT2D eigenvalue weighted by Gasteiger charge is 2.02. The number of nitrogen functional groups attached to an aromatic ring is 1. The van der Waals surface area contributed by atoms with Gasteiger partial charge in [0.25, 0.3) is 0 Å². The smallest absolute Gasteiger partial charge is 0.206 e. The van der Waals surface area contributed by atoms with Gasteiger partial charge in [0.2, 0.25) is 10.3 Å². The predicted molar refractivity (Wildman–Crippen MR) is 59.6 cm³/mol. The molecule has 72 valence electrons. The molecule has 0 unspecified atom stereocenters. The van der Waals surface area contributed by atoms with Crippen LogP contribution in [0.1, 0.15) is 5.56 Å². The van der Waals surface area contributed by atoms with Crippen LogP contribution in [0.2, 0.25) is 0 Å². The molecule has 1 heterocycles. The van der Waals surface area contributed by atoms with E-state index in [4.69, 9.17) is 5.73 Å². The van der Waals surface area contributed by atoms with E-state index in [1.807, 2.05) is 0 Å². The van der Waals surface area contributed by atoms with Crippen LogP contribution in [0.4, 0.5) is 5.13 Å². The van der Waals surface area contributed by atoms with Crippen molar-refractivity contribution in [2.75, 3.05) is 5.73 Å². The van der Waals surface area contributed by atoms with Crippen LogP contribution in [-0.2, 0) is 0 Å². The fourth-order valence-corrected chi connectivity index (χ4v) is 2.26. The Morgan fingerprint density at radius 1 is 1.29 bits per heavy atom. The zero-order valence-electron chi connectivity index (χ0n) is 7.60. The number of hydrogen-bond acceptors (Lipinski definition) is 5. The quantitative estimate of drug-likeness (QED) is 0.850.